The molecule has 1 saturated carbocycles. The Labute approximate surface area is 240 Å². The molecule has 1 fully saturated rings. The van der Waals surface area contributed by atoms with E-state index in [0.29, 0.717) is 24.5 Å². The van der Waals surface area contributed by atoms with Crippen LogP contribution in [0.1, 0.15) is 48.5 Å². The molecule has 0 spiro atoms. The van der Waals surface area contributed by atoms with E-state index in [4.69, 9.17) is 9.47 Å². The minimum Gasteiger partial charge on any atom is -0.497 e. The number of pyridine rings is 1. The number of carbonyl (C=O) groups excluding carboxylic acids is 2. The first kappa shape index (κ1) is 28.0. The lowest BCUT2D eigenvalue weighted by Crippen LogP contribution is -2.50. The maximum absolute atomic E-state index is 13.6. The van der Waals surface area contributed by atoms with Crippen molar-refractivity contribution in [1.82, 2.24) is 15.3 Å². The minimum absolute atomic E-state index is 0.0132. The molecule has 1 aromatic heterocycles. The number of benzene rings is 3. The average Bonchev–Trinajstić information content (AvgIpc) is 3.03. The van der Waals surface area contributed by atoms with E-state index in [9.17, 15) is 9.59 Å². The highest BCUT2D eigenvalue weighted by Crippen LogP contribution is 2.28. The maximum Gasteiger partial charge on any atom is 0.251 e. The summed E-state index contributed by atoms with van der Waals surface area (Å²) in [6.45, 7) is 2.84. The fourth-order valence-electron chi connectivity index (χ4n) is 5.31. The van der Waals surface area contributed by atoms with E-state index in [1.165, 1.54) is 0 Å². The van der Waals surface area contributed by atoms with Gasteiger partial charge in [-0.25, -0.2) is 0 Å². The van der Waals surface area contributed by atoms with Gasteiger partial charge >= 0.3 is 0 Å². The lowest BCUT2D eigenvalue weighted by molar-refractivity contribution is -0.135. The summed E-state index contributed by atoms with van der Waals surface area (Å²) in [5.41, 5.74) is 6.54. The Kier molecular flexibility index (Phi) is 8.98. The Hall–Kier alpha value is -4.59. The fourth-order valence-corrected chi connectivity index (χ4v) is 5.31. The highest BCUT2D eigenvalue weighted by Gasteiger charge is 2.34. The van der Waals surface area contributed by atoms with E-state index in [0.717, 1.165) is 53.6 Å². The second kappa shape index (κ2) is 13.2. The van der Waals surface area contributed by atoms with Crippen molar-refractivity contribution >= 4 is 28.4 Å². The summed E-state index contributed by atoms with van der Waals surface area (Å²) < 4.78 is 11.2. The van der Waals surface area contributed by atoms with Gasteiger partial charge in [0.1, 0.15) is 18.1 Å². The molecule has 41 heavy (non-hydrogen) atoms. The van der Waals surface area contributed by atoms with E-state index in [1.54, 1.807) is 42.6 Å². The van der Waals surface area contributed by atoms with Gasteiger partial charge in [-0.05, 0) is 80.4 Å². The second-order valence-electron chi connectivity index (χ2n) is 10.2. The molecule has 0 aliphatic heterocycles. The van der Waals surface area contributed by atoms with Crippen molar-refractivity contribution < 1.29 is 19.1 Å². The first-order valence-corrected chi connectivity index (χ1v) is 14.1. The van der Waals surface area contributed by atoms with Gasteiger partial charge in [0.2, 0.25) is 5.91 Å². The zero-order valence-corrected chi connectivity index (χ0v) is 23.5. The van der Waals surface area contributed by atoms with E-state index < -0.39 is 0 Å². The van der Waals surface area contributed by atoms with Crippen molar-refractivity contribution in [2.45, 2.75) is 45.3 Å². The molecule has 1 heterocycles. The largest absolute Gasteiger partial charge is 0.497 e. The zero-order chi connectivity index (χ0) is 28.6. The Morgan fingerprint density at radius 1 is 0.927 bits per heavy atom. The van der Waals surface area contributed by atoms with Crippen molar-refractivity contribution in [2.75, 3.05) is 19.1 Å². The number of nitrogens with one attached hydrogen (secondary N) is 2. The monoisotopic (exact) mass is 552 g/mol. The van der Waals surface area contributed by atoms with Gasteiger partial charge in [0, 0.05) is 35.3 Å². The van der Waals surface area contributed by atoms with Crippen molar-refractivity contribution in [3.05, 3.63) is 96.2 Å². The third-order valence-corrected chi connectivity index (χ3v) is 7.59. The summed E-state index contributed by atoms with van der Waals surface area (Å²) in [4.78, 5) is 31.2. The molecule has 5 rings (SSSR count). The van der Waals surface area contributed by atoms with E-state index >= 15 is 0 Å². The summed E-state index contributed by atoms with van der Waals surface area (Å²) in [6.07, 6.45) is 5.22. The van der Waals surface area contributed by atoms with Crippen LogP contribution in [0, 0.1) is 5.92 Å². The number of methoxy groups -OCH3 is 1. The minimum atomic E-state index is -0.295. The molecule has 4 aromatic rings. The van der Waals surface area contributed by atoms with Crippen molar-refractivity contribution in [1.29, 1.82) is 0 Å². The second-order valence-corrected chi connectivity index (χ2v) is 10.2. The first-order chi connectivity index (χ1) is 20.1. The van der Waals surface area contributed by atoms with Gasteiger partial charge in [-0.15, -0.1) is 0 Å². The molecule has 1 aliphatic rings. The fraction of sp³-hybridized carbons (Fsp3) is 0.303. The summed E-state index contributed by atoms with van der Waals surface area (Å²) in [5, 5.41) is 5.84. The maximum atomic E-state index is 13.6. The van der Waals surface area contributed by atoms with Crippen LogP contribution < -0.4 is 20.2 Å². The number of anilines is 1. The standard InChI is InChI=1S/C33H36N4O4/c1-3-37(36-25-14-18-26(40-2)19-15-25)33(39)29-9-5-7-11-31(29)35-32(38)23-12-16-27(17-13-23)41-22-24-20-21-34-30-10-6-4-8-28(24)30/h4,6,8,10,12-21,29,31,36H,3,5,7,9,11,22H2,1-2H3,(H,35,38)/t29-,31+/m1/s1. The van der Waals surface area contributed by atoms with Crippen LogP contribution in [0.15, 0.2) is 85.1 Å². The van der Waals surface area contributed by atoms with Gasteiger partial charge < -0.3 is 14.8 Å². The van der Waals surface area contributed by atoms with Gasteiger partial charge in [0.05, 0.1) is 24.2 Å². The molecular weight excluding hydrogens is 516 g/mol. The van der Waals surface area contributed by atoms with Crippen LogP contribution in [-0.4, -0.2) is 41.5 Å². The Morgan fingerprint density at radius 3 is 2.41 bits per heavy atom. The number of hydrogen-bond acceptors (Lipinski definition) is 6. The van der Waals surface area contributed by atoms with Gasteiger partial charge in [0.15, 0.2) is 0 Å². The third kappa shape index (κ3) is 6.77. The number of hydrazine groups is 1. The number of carbonyl (C=O) groups is 2. The molecule has 212 valence electrons. The Bertz CT molecular complexity index is 1470. The molecule has 8 heteroatoms. The normalized spacial score (nSPS) is 16.5. The van der Waals surface area contributed by atoms with E-state index in [-0.39, 0.29) is 23.8 Å². The number of aromatic nitrogens is 1. The summed E-state index contributed by atoms with van der Waals surface area (Å²) in [5.74, 6) is 0.933. The summed E-state index contributed by atoms with van der Waals surface area (Å²) >= 11 is 0. The Balaban J connectivity index is 1.20. The molecule has 0 bridgehead atoms. The smallest absolute Gasteiger partial charge is 0.251 e. The van der Waals surface area contributed by atoms with Gasteiger partial charge in [-0.1, -0.05) is 31.0 Å². The van der Waals surface area contributed by atoms with Gasteiger partial charge in [0.25, 0.3) is 5.91 Å². The SMILES string of the molecule is CCN(Nc1ccc(OC)cc1)C(=O)[C@@H]1CCCC[C@@H]1NC(=O)c1ccc(OCc2ccnc3ccccc23)cc1. The number of para-hydroxylation sites is 1. The molecule has 2 amide bonds. The average molecular weight is 553 g/mol. The van der Waals surface area contributed by atoms with Crippen LogP contribution in [0.25, 0.3) is 10.9 Å². The molecule has 0 unspecified atom stereocenters. The molecule has 1 aliphatic carbocycles. The Morgan fingerprint density at radius 2 is 1.66 bits per heavy atom. The predicted octanol–water partition coefficient (Wildman–Crippen LogP) is 5.99. The van der Waals surface area contributed by atoms with Crippen molar-refractivity contribution in [2.24, 2.45) is 5.92 Å². The van der Waals surface area contributed by atoms with Gasteiger partial charge in [-0.2, -0.15) is 0 Å². The quantitative estimate of drug-likeness (QED) is 0.235. The van der Waals surface area contributed by atoms with Crippen molar-refractivity contribution in [3.63, 3.8) is 0 Å². The topological polar surface area (TPSA) is 92.8 Å². The van der Waals surface area contributed by atoms with Crippen LogP contribution in [0.2, 0.25) is 0 Å². The predicted molar refractivity (Wildman–Crippen MR) is 160 cm³/mol. The zero-order valence-electron chi connectivity index (χ0n) is 23.5. The molecule has 2 atom stereocenters. The van der Waals surface area contributed by atoms with Crippen LogP contribution in [0.4, 0.5) is 5.69 Å². The molecule has 0 radical (unpaired) electrons. The molecule has 2 N–H and O–H groups in total. The first-order valence-electron chi connectivity index (χ1n) is 14.1. The lowest BCUT2D eigenvalue weighted by atomic mass is 9.83. The van der Waals surface area contributed by atoms with Crippen LogP contribution in [0.5, 0.6) is 11.5 Å². The van der Waals surface area contributed by atoms with Crippen LogP contribution in [0.3, 0.4) is 0 Å². The number of hydrogen-bond donors (Lipinski definition) is 2. The molecule has 8 nitrogen and oxygen atoms in total. The highest BCUT2D eigenvalue weighted by molar-refractivity contribution is 5.95. The van der Waals surface area contributed by atoms with Crippen LogP contribution >= 0.6 is 0 Å². The highest BCUT2D eigenvalue weighted by atomic mass is 16.5. The number of fused-ring (bicyclic) bond motifs is 1. The van der Waals surface area contributed by atoms with E-state index in [2.05, 4.69) is 15.7 Å². The van der Waals surface area contributed by atoms with Crippen molar-refractivity contribution in [3.8, 4) is 11.5 Å². The lowest BCUT2D eigenvalue weighted by Gasteiger charge is -2.35. The summed E-state index contributed by atoms with van der Waals surface area (Å²) in [7, 11) is 1.62. The summed E-state index contributed by atoms with van der Waals surface area (Å²) in [6, 6.07) is 24.3. The molecular formula is C33H36N4O4. The number of nitrogens with zero attached hydrogens (tertiary/aromatic N) is 2. The number of amides is 2. The van der Waals surface area contributed by atoms with Gasteiger partial charge in [-0.3, -0.25) is 25.0 Å². The number of ether oxygens (including phenoxy) is 2. The van der Waals surface area contributed by atoms with Crippen LogP contribution in [-0.2, 0) is 11.4 Å². The molecule has 0 saturated heterocycles. The van der Waals surface area contributed by atoms with E-state index in [1.807, 2.05) is 61.5 Å². The molecule has 3 aromatic carbocycles. The number of rotatable bonds is 10. The third-order valence-electron chi connectivity index (χ3n) is 7.59.